The number of aromatic nitrogens is 1. The van der Waals surface area contributed by atoms with E-state index < -0.39 is 0 Å². The molecule has 2 N–H and O–H groups in total. The number of likely N-dealkylation sites (tertiary alicyclic amines) is 1. The molecule has 3 heterocycles. The predicted octanol–water partition coefficient (Wildman–Crippen LogP) is 3.12. The summed E-state index contributed by atoms with van der Waals surface area (Å²) in [5, 5.41) is 8.22. The Hall–Kier alpha value is -2.19. The van der Waals surface area contributed by atoms with Crippen molar-refractivity contribution in [3.8, 4) is 0 Å². The lowest BCUT2D eigenvalue weighted by Gasteiger charge is -2.30. The van der Waals surface area contributed by atoms with E-state index in [1.165, 1.54) is 30.4 Å². The number of hydrogen-bond donors (Lipinski definition) is 2. The summed E-state index contributed by atoms with van der Waals surface area (Å²) >= 11 is 1.46. The molecule has 0 radical (unpaired) electrons. The van der Waals surface area contributed by atoms with Gasteiger partial charge in [0.2, 0.25) is 5.91 Å². The van der Waals surface area contributed by atoms with Crippen molar-refractivity contribution in [2.24, 2.45) is 5.92 Å². The van der Waals surface area contributed by atoms with Crippen LogP contribution in [0.15, 0.2) is 28.2 Å². The molecular weight excluding hydrogens is 364 g/mol. The molecule has 1 unspecified atom stereocenters. The zero-order chi connectivity index (χ0) is 19.1. The van der Waals surface area contributed by atoms with Crippen LogP contribution in [-0.2, 0) is 11.3 Å². The summed E-state index contributed by atoms with van der Waals surface area (Å²) < 4.78 is 5.01. The molecule has 2 aromatic rings. The lowest BCUT2D eigenvalue weighted by molar-refractivity contribution is -0.116. The van der Waals surface area contributed by atoms with Crippen molar-refractivity contribution < 1.29 is 14.0 Å². The van der Waals surface area contributed by atoms with Gasteiger partial charge in [-0.1, -0.05) is 6.92 Å². The van der Waals surface area contributed by atoms with Crippen molar-refractivity contribution in [1.29, 1.82) is 0 Å². The smallest absolute Gasteiger partial charge is 0.286 e. The van der Waals surface area contributed by atoms with Gasteiger partial charge < -0.3 is 15.1 Å². The summed E-state index contributed by atoms with van der Waals surface area (Å²) in [5.74, 6) is 0.662. The van der Waals surface area contributed by atoms with Crippen LogP contribution in [0.25, 0.3) is 0 Å². The van der Waals surface area contributed by atoms with Crippen LogP contribution in [0.2, 0.25) is 0 Å². The number of piperidine rings is 1. The number of hydrogen-bond acceptors (Lipinski definition) is 6. The average Bonchev–Trinajstić information content (AvgIpc) is 3.31. The van der Waals surface area contributed by atoms with E-state index in [0.29, 0.717) is 24.5 Å². The number of furan rings is 1. The number of nitrogens with zero attached hydrogens (tertiary/aromatic N) is 2. The average molecular weight is 391 g/mol. The fourth-order valence-corrected chi connectivity index (χ4v) is 3.94. The van der Waals surface area contributed by atoms with Crippen LogP contribution in [0.3, 0.4) is 0 Å². The Balaban J connectivity index is 1.34. The molecular formula is C19H26N4O3S. The topological polar surface area (TPSA) is 87.5 Å². The molecule has 1 atom stereocenters. The highest BCUT2D eigenvalue weighted by Gasteiger charge is 2.17. The van der Waals surface area contributed by atoms with Gasteiger partial charge in [0.1, 0.15) is 0 Å². The first-order valence-electron chi connectivity index (χ1n) is 9.38. The van der Waals surface area contributed by atoms with Gasteiger partial charge in [0.05, 0.1) is 12.0 Å². The van der Waals surface area contributed by atoms with Crippen LogP contribution in [-0.4, -0.2) is 41.3 Å². The SMILES string of the molecule is CC1CCCN(Cc2csc(NC(=O)CCCNC(=O)c3ccco3)n2)C1. The second kappa shape index (κ2) is 9.66. The third kappa shape index (κ3) is 6.18. The second-order valence-corrected chi connectivity index (χ2v) is 7.87. The van der Waals surface area contributed by atoms with E-state index in [4.69, 9.17) is 4.42 Å². The molecule has 0 bridgehead atoms. The Morgan fingerprint density at radius 3 is 3.11 bits per heavy atom. The van der Waals surface area contributed by atoms with E-state index in [1.807, 2.05) is 5.38 Å². The predicted molar refractivity (Wildman–Crippen MR) is 105 cm³/mol. The summed E-state index contributed by atoms with van der Waals surface area (Å²) in [4.78, 5) is 30.7. The van der Waals surface area contributed by atoms with Gasteiger partial charge in [-0.25, -0.2) is 4.98 Å². The first-order valence-corrected chi connectivity index (χ1v) is 10.3. The van der Waals surface area contributed by atoms with Gasteiger partial charge in [-0.3, -0.25) is 14.5 Å². The van der Waals surface area contributed by atoms with Gasteiger partial charge in [-0.15, -0.1) is 11.3 Å². The number of carbonyl (C=O) groups is 2. The van der Waals surface area contributed by atoms with E-state index in [0.717, 1.165) is 31.2 Å². The molecule has 8 heteroatoms. The minimum absolute atomic E-state index is 0.0882. The Labute approximate surface area is 163 Å². The maximum atomic E-state index is 12.0. The molecule has 2 amide bonds. The third-order valence-electron chi connectivity index (χ3n) is 4.54. The van der Waals surface area contributed by atoms with Crippen LogP contribution >= 0.6 is 11.3 Å². The van der Waals surface area contributed by atoms with Crippen molar-refractivity contribution in [2.75, 3.05) is 25.0 Å². The van der Waals surface area contributed by atoms with Gasteiger partial charge >= 0.3 is 0 Å². The maximum Gasteiger partial charge on any atom is 0.286 e. The van der Waals surface area contributed by atoms with Gasteiger partial charge in [0, 0.05) is 31.4 Å². The minimum atomic E-state index is -0.267. The normalized spacial score (nSPS) is 17.6. The molecule has 146 valence electrons. The van der Waals surface area contributed by atoms with Crippen molar-refractivity contribution in [3.05, 3.63) is 35.2 Å². The Morgan fingerprint density at radius 1 is 1.44 bits per heavy atom. The fourth-order valence-electron chi connectivity index (χ4n) is 3.22. The lowest BCUT2D eigenvalue weighted by atomic mass is 10.0. The van der Waals surface area contributed by atoms with Crippen molar-refractivity contribution in [1.82, 2.24) is 15.2 Å². The zero-order valence-corrected chi connectivity index (χ0v) is 16.4. The molecule has 1 saturated heterocycles. The number of nitrogens with one attached hydrogen (secondary N) is 2. The highest BCUT2D eigenvalue weighted by atomic mass is 32.1. The van der Waals surface area contributed by atoms with E-state index in [2.05, 4.69) is 27.4 Å². The summed E-state index contributed by atoms with van der Waals surface area (Å²) in [6, 6.07) is 3.27. The first-order chi connectivity index (χ1) is 13.1. The molecule has 0 aromatic carbocycles. The molecule has 3 rings (SSSR count). The maximum absolute atomic E-state index is 12.0. The first kappa shape index (κ1) is 19.6. The summed E-state index contributed by atoms with van der Waals surface area (Å²) in [6.45, 7) is 5.78. The van der Waals surface area contributed by atoms with E-state index >= 15 is 0 Å². The lowest BCUT2D eigenvalue weighted by Crippen LogP contribution is -2.33. The monoisotopic (exact) mass is 390 g/mol. The Kier molecular flexibility index (Phi) is 7.00. The molecule has 1 aliphatic rings. The van der Waals surface area contributed by atoms with Crippen LogP contribution in [0.5, 0.6) is 0 Å². The van der Waals surface area contributed by atoms with Crippen LogP contribution in [0.4, 0.5) is 5.13 Å². The second-order valence-electron chi connectivity index (χ2n) is 7.01. The standard InChI is InChI=1S/C19H26N4O3S/c1-14-5-3-9-23(11-14)12-15-13-27-19(21-15)22-17(24)7-2-8-20-18(25)16-6-4-10-26-16/h4,6,10,13-14H,2-3,5,7-9,11-12H2,1H3,(H,20,25)(H,21,22,24). The summed E-state index contributed by atoms with van der Waals surface area (Å²) in [7, 11) is 0. The quantitative estimate of drug-likeness (QED) is 0.676. The van der Waals surface area contributed by atoms with E-state index in [1.54, 1.807) is 12.1 Å². The zero-order valence-electron chi connectivity index (χ0n) is 15.6. The number of carbonyl (C=O) groups excluding carboxylic acids is 2. The number of amides is 2. The Bertz CT molecular complexity index is 744. The van der Waals surface area contributed by atoms with Gasteiger partial charge in [0.25, 0.3) is 5.91 Å². The van der Waals surface area contributed by atoms with Crippen molar-refractivity contribution in [3.63, 3.8) is 0 Å². The Morgan fingerprint density at radius 2 is 2.33 bits per heavy atom. The molecule has 0 spiro atoms. The summed E-state index contributed by atoms with van der Waals surface area (Å²) in [6.07, 6.45) is 4.89. The van der Waals surface area contributed by atoms with Crippen molar-refractivity contribution in [2.45, 2.75) is 39.2 Å². The van der Waals surface area contributed by atoms with Crippen LogP contribution < -0.4 is 10.6 Å². The third-order valence-corrected chi connectivity index (χ3v) is 5.34. The molecule has 1 aliphatic heterocycles. The molecule has 0 aliphatic carbocycles. The number of anilines is 1. The highest BCUT2D eigenvalue weighted by molar-refractivity contribution is 7.13. The highest BCUT2D eigenvalue weighted by Crippen LogP contribution is 2.21. The van der Waals surface area contributed by atoms with Gasteiger partial charge in [0.15, 0.2) is 10.9 Å². The van der Waals surface area contributed by atoms with Crippen molar-refractivity contribution >= 4 is 28.3 Å². The van der Waals surface area contributed by atoms with Gasteiger partial charge in [-0.05, 0) is 43.9 Å². The minimum Gasteiger partial charge on any atom is -0.459 e. The molecule has 2 aromatic heterocycles. The van der Waals surface area contributed by atoms with E-state index in [9.17, 15) is 9.59 Å². The van der Waals surface area contributed by atoms with Gasteiger partial charge in [-0.2, -0.15) is 0 Å². The largest absolute Gasteiger partial charge is 0.459 e. The van der Waals surface area contributed by atoms with Crippen LogP contribution in [0.1, 0.15) is 48.9 Å². The fraction of sp³-hybridized carbons (Fsp3) is 0.526. The number of rotatable bonds is 8. The molecule has 27 heavy (non-hydrogen) atoms. The van der Waals surface area contributed by atoms with E-state index in [-0.39, 0.29) is 17.6 Å². The number of thiazole rings is 1. The summed E-state index contributed by atoms with van der Waals surface area (Å²) in [5.41, 5.74) is 1.01. The molecule has 1 fully saturated rings. The molecule has 0 saturated carbocycles. The molecule has 7 nitrogen and oxygen atoms in total. The van der Waals surface area contributed by atoms with Crippen LogP contribution in [0, 0.1) is 5.92 Å².